The molecule has 0 radical (unpaired) electrons. The van der Waals surface area contributed by atoms with E-state index in [9.17, 15) is 19.5 Å². The van der Waals surface area contributed by atoms with Gasteiger partial charge in [-0.15, -0.1) is 0 Å². The van der Waals surface area contributed by atoms with Gasteiger partial charge in [-0.05, 0) is 31.4 Å². The standard InChI is InChI=1S/C19H26N2O5/c1-26-14-19(18(24)25)10-6-12-21(13-19)16(22)9-5-11-20-17(23)15-7-3-2-4-8-15/h2-4,7-8H,5-6,9-14H2,1H3,(H,20,23)(H,24,25). The number of methoxy groups -OCH3 is 1. The lowest BCUT2D eigenvalue weighted by atomic mass is 9.80. The van der Waals surface area contributed by atoms with Gasteiger partial charge in [-0.1, -0.05) is 18.2 Å². The number of hydrogen-bond donors (Lipinski definition) is 2. The molecule has 2 amide bonds. The van der Waals surface area contributed by atoms with Gasteiger partial charge < -0.3 is 20.1 Å². The number of carbonyl (C=O) groups excluding carboxylic acids is 2. The molecule has 2 N–H and O–H groups in total. The monoisotopic (exact) mass is 362 g/mol. The van der Waals surface area contributed by atoms with Crippen molar-refractivity contribution in [3.63, 3.8) is 0 Å². The molecule has 0 bridgehead atoms. The molecule has 1 unspecified atom stereocenters. The zero-order valence-electron chi connectivity index (χ0n) is 15.1. The van der Waals surface area contributed by atoms with Crippen LogP contribution in [0.3, 0.4) is 0 Å². The highest BCUT2D eigenvalue weighted by Gasteiger charge is 2.43. The van der Waals surface area contributed by atoms with Crippen molar-refractivity contribution in [3.8, 4) is 0 Å². The first-order valence-electron chi connectivity index (χ1n) is 8.82. The molecule has 0 saturated carbocycles. The predicted octanol–water partition coefficient (Wildman–Crippen LogP) is 1.54. The number of piperidine rings is 1. The van der Waals surface area contributed by atoms with E-state index in [4.69, 9.17) is 4.74 Å². The van der Waals surface area contributed by atoms with Crippen molar-refractivity contribution in [3.05, 3.63) is 35.9 Å². The van der Waals surface area contributed by atoms with Crippen LogP contribution >= 0.6 is 0 Å². The Morgan fingerprint density at radius 2 is 2.00 bits per heavy atom. The van der Waals surface area contributed by atoms with E-state index < -0.39 is 11.4 Å². The molecule has 1 aliphatic rings. The minimum absolute atomic E-state index is 0.0830. The van der Waals surface area contributed by atoms with Crippen molar-refractivity contribution in [2.24, 2.45) is 5.41 Å². The second kappa shape index (κ2) is 9.33. The zero-order valence-corrected chi connectivity index (χ0v) is 15.1. The highest BCUT2D eigenvalue weighted by Crippen LogP contribution is 2.31. The van der Waals surface area contributed by atoms with E-state index in [2.05, 4.69) is 5.32 Å². The van der Waals surface area contributed by atoms with Gasteiger partial charge in [0.1, 0.15) is 5.41 Å². The molecule has 1 heterocycles. The van der Waals surface area contributed by atoms with Crippen molar-refractivity contribution in [1.82, 2.24) is 10.2 Å². The SMILES string of the molecule is COCC1(C(=O)O)CCCN(C(=O)CCCNC(=O)c2ccccc2)C1. The normalized spacial score (nSPS) is 19.8. The molecule has 1 fully saturated rings. The Morgan fingerprint density at radius 1 is 1.27 bits per heavy atom. The van der Waals surface area contributed by atoms with Crippen molar-refractivity contribution in [1.29, 1.82) is 0 Å². The van der Waals surface area contributed by atoms with Crippen LogP contribution in [0.1, 0.15) is 36.0 Å². The van der Waals surface area contributed by atoms with Gasteiger partial charge in [0.2, 0.25) is 5.91 Å². The van der Waals surface area contributed by atoms with Crippen molar-refractivity contribution in [2.45, 2.75) is 25.7 Å². The number of nitrogens with zero attached hydrogens (tertiary/aromatic N) is 1. The Morgan fingerprint density at radius 3 is 2.65 bits per heavy atom. The molecule has 2 rings (SSSR count). The number of benzene rings is 1. The summed E-state index contributed by atoms with van der Waals surface area (Å²) < 4.78 is 5.07. The lowest BCUT2D eigenvalue weighted by molar-refractivity contribution is -0.159. The van der Waals surface area contributed by atoms with Crippen LogP contribution in [0, 0.1) is 5.41 Å². The van der Waals surface area contributed by atoms with Crippen LogP contribution in [0.25, 0.3) is 0 Å². The fourth-order valence-electron chi connectivity index (χ4n) is 3.27. The molecule has 1 saturated heterocycles. The minimum Gasteiger partial charge on any atom is -0.481 e. The number of carbonyl (C=O) groups is 3. The van der Waals surface area contributed by atoms with Crippen LogP contribution in [0.2, 0.25) is 0 Å². The first-order valence-corrected chi connectivity index (χ1v) is 8.82. The molecule has 26 heavy (non-hydrogen) atoms. The predicted molar refractivity (Wildman–Crippen MR) is 95.8 cm³/mol. The number of hydrogen-bond acceptors (Lipinski definition) is 4. The lowest BCUT2D eigenvalue weighted by Gasteiger charge is -2.39. The van der Waals surface area contributed by atoms with Gasteiger partial charge in [0.25, 0.3) is 5.91 Å². The van der Waals surface area contributed by atoms with E-state index in [1.54, 1.807) is 29.2 Å². The van der Waals surface area contributed by atoms with Crippen LogP contribution < -0.4 is 5.32 Å². The van der Waals surface area contributed by atoms with Gasteiger partial charge in [-0.3, -0.25) is 14.4 Å². The van der Waals surface area contributed by atoms with Gasteiger partial charge in [-0.25, -0.2) is 0 Å². The first-order chi connectivity index (χ1) is 12.5. The third-order valence-electron chi connectivity index (χ3n) is 4.69. The Balaban J connectivity index is 1.78. The average molecular weight is 362 g/mol. The zero-order chi connectivity index (χ0) is 19.0. The summed E-state index contributed by atoms with van der Waals surface area (Å²) in [6.07, 6.45) is 1.94. The average Bonchev–Trinajstić information content (AvgIpc) is 2.66. The second-order valence-electron chi connectivity index (χ2n) is 6.66. The van der Waals surface area contributed by atoms with Gasteiger partial charge in [0.15, 0.2) is 0 Å². The Labute approximate surface area is 153 Å². The van der Waals surface area contributed by atoms with Gasteiger partial charge in [0.05, 0.1) is 6.61 Å². The molecule has 1 atom stereocenters. The number of carboxylic acid groups (broad SMARTS) is 1. The molecule has 0 aliphatic carbocycles. The van der Waals surface area contributed by atoms with Gasteiger partial charge in [-0.2, -0.15) is 0 Å². The molecule has 0 spiro atoms. The Kier molecular flexibility index (Phi) is 7.15. The van der Waals surface area contributed by atoms with Gasteiger partial charge in [0, 0.05) is 38.7 Å². The molecule has 7 nitrogen and oxygen atoms in total. The number of aliphatic carboxylic acids is 1. The Hall–Kier alpha value is -2.41. The molecule has 1 aromatic carbocycles. The number of amides is 2. The van der Waals surface area contributed by atoms with E-state index in [1.807, 2.05) is 6.07 Å². The molecular weight excluding hydrogens is 336 g/mol. The summed E-state index contributed by atoms with van der Waals surface area (Å²) >= 11 is 0. The number of rotatable bonds is 8. The number of ether oxygens (including phenoxy) is 1. The molecule has 1 aliphatic heterocycles. The number of carboxylic acids is 1. The van der Waals surface area contributed by atoms with Crippen LogP contribution in [0.5, 0.6) is 0 Å². The van der Waals surface area contributed by atoms with E-state index >= 15 is 0 Å². The second-order valence-corrected chi connectivity index (χ2v) is 6.66. The van der Waals surface area contributed by atoms with E-state index in [0.29, 0.717) is 37.9 Å². The molecule has 142 valence electrons. The van der Waals surface area contributed by atoms with Crippen molar-refractivity contribution < 1.29 is 24.2 Å². The summed E-state index contributed by atoms with van der Waals surface area (Å²) in [5.74, 6) is -1.17. The van der Waals surface area contributed by atoms with Crippen LogP contribution in [0.15, 0.2) is 30.3 Å². The molecular formula is C19H26N2O5. The summed E-state index contributed by atoms with van der Waals surface area (Å²) in [5, 5.41) is 12.3. The summed E-state index contributed by atoms with van der Waals surface area (Å²) in [7, 11) is 1.47. The van der Waals surface area contributed by atoms with E-state index in [0.717, 1.165) is 0 Å². The largest absolute Gasteiger partial charge is 0.481 e. The third kappa shape index (κ3) is 5.05. The maximum atomic E-state index is 12.4. The Bertz CT molecular complexity index is 630. The summed E-state index contributed by atoms with van der Waals surface area (Å²) in [5.41, 5.74) is -0.440. The molecule has 0 aromatic heterocycles. The van der Waals surface area contributed by atoms with E-state index in [-0.39, 0.29) is 31.4 Å². The fourth-order valence-corrected chi connectivity index (χ4v) is 3.27. The lowest BCUT2D eigenvalue weighted by Crippen LogP contribution is -2.52. The van der Waals surface area contributed by atoms with Crippen molar-refractivity contribution in [2.75, 3.05) is 33.4 Å². The van der Waals surface area contributed by atoms with E-state index in [1.165, 1.54) is 7.11 Å². The summed E-state index contributed by atoms with van der Waals surface area (Å²) in [6, 6.07) is 8.90. The summed E-state index contributed by atoms with van der Waals surface area (Å²) in [6.45, 7) is 1.23. The highest BCUT2D eigenvalue weighted by molar-refractivity contribution is 5.94. The van der Waals surface area contributed by atoms with Crippen molar-refractivity contribution >= 4 is 17.8 Å². The van der Waals surface area contributed by atoms with Crippen LogP contribution in [0.4, 0.5) is 0 Å². The maximum Gasteiger partial charge on any atom is 0.313 e. The smallest absolute Gasteiger partial charge is 0.313 e. The maximum absolute atomic E-state index is 12.4. The number of nitrogens with one attached hydrogen (secondary N) is 1. The quantitative estimate of drug-likeness (QED) is 0.684. The third-order valence-corrected chi connectivity index (χ3v) is 4.69. The van der Waals surface area contributed by atoms with Crippen LogP contribution in [-0.2, 0) is 14.3 Å². The number of likely N-dealkylation sites (tertiary alicyclic amines) is 1. The van der Waals surface area contributed by atoms with Gasteiger partial charge >= 0.3 is 5.97 Å². The topological polar surface area (TPSA) is 95.9 Å². The first kappa shape index (κ1) is 19.9. The fraction of sp³-hybridized carbons (Fsp3) is 0.526. The minimum atomic E-state index is -1.02. The summed E-state index contributed by atoms with van der Waals surface area (Å²) in [4.78, 5) is 37.6. The highest BCUT2D eigenvalue weighted by atomic mass is 16.5. The van der Waals surface area contributed by atoms with Crippen LogP contribution in [-0.4, -0.2) is 61.1 Å². The molecule has 1 aromatic rings. The molecule has 7 heteroatoms.